The Morgan fingerprint density at radius 3 is 1.46 bits per heavy atom. The largest absolute Gasteiger partial charge is 0.507 e. The molecule has 0 saturated carbocycles. The van der Waals surface area contributed by atoms with Gasteiger partial charge in [-0.2, -0.15) is 0 Å². The molecule has 1 aliphatic carbocycles. The van der Waals surface area contributed by atoms with Crippen LogP contribution in [0.2, 0.25) is 0 Å². The predicted molar refractivity (Wildman–Crippen MR) is 259 cm³/mol. The third-order valence-corrected chi connectivity index (χ3v) is 11.9. The number of benzene rings is 2. The molecular formula is C55H84O8. The van der Waals surface area contributed by atoms with Gasteiger partial charge >= 0.3 is 5.97 Å². The number of ether oxygens (including phenoxy) is 5. The van der Waals surface area contributed by atoms with Gasteiger partial charge in [-0.05, 0) is 105 Å². The molecule has 0 fully saturated rings. The van der Waals surface area contributed by atoms with E-state index in [4.69, 9.17) is 23.7 Å². The zero-order valence-corrected chi connectivity index (χ0v) is 42.1. The minimum atomic E-state index is -0.355. The highest BCUT2D eigenvalue weighted by Gasteiger charge is 2.35. The van der Waals surface area contributed by atoms with Crippen LogP contribution in [-0.4, -0.2) is 76.3 Å². The number of hydrogen-bond donors (Lipinski definition) is 1. The van der Waals surface area contributed by atoms with Crippen LogP contribution in [0, 0.1) is 22.7 Å². The molecule has 0 bridgehead atoms. The molecule has 3 unspecified atom stereocenters. The summed E-state index contributed by atoms with van der Waals surface area (Å²) < 4.78 is 28.0. The Hall–Kier alpha value is -3.56. The Morgan fingerprint density at radius 2 is 1.05 bits per heavy atom. The molecule has 0 aliphatic heterocycles. The summed E-state index contributed by atoms with van der Waals surface area (Å²) in [7, 11) is 0. The van der Waals surface area contributed by atoms with E-state index in [1.807, 2.05) is 13.8 Å². The molecule has 3 atom stereocenters. The Morgan fingerprint density at radius 1 is 0.603 bits per heavy atom. The number of phenolic OH excluding ortho intramolecular Hbond substituents is 1. The van der Waals surface area contributed by atoms with Crippen LogP contribution in [0.15, 0.2) is 65.3 Å². The third-order valence-electron chi connectivity index (χ3n) is 11.9. The molecule has 63 heavy (non-hydrogen) atoms. The van der Waals surface area contributed by atoms with Gasteiger partial charge in [0, 0.05) is 28.9 Å². The summed E-state index contributed by atoms with van der Waals surface area (Å²) >= 11 is 0. The molecule has 1 N–H and O–H groups in total. The SMILES string of the molecule is CCC(C)C(=O)OCCOCCOCCOCCOCC(C)CC(CC)c1ccc(C(=C2C=C(C(C)(C)C)C(=O)C(C(C)(C)C)=C2)c2cc(C(C)(C)C)c(O)c(C(C)(C)C)c2)cc1. The smallest absolute Gasteiger partial charge is 0.308 e. The number of esters is 1. The van der Waals surface area contributed by atoms with Crippen molar-refractivity contribution in [1.82, 2.24) is 0 Å². The fourth-order valence-electron chi connectivity index (χ4n) is 7.78. The summed E-state index contributed by atoms with van der Waals surface area (Å²) in [5, 5.41) is 11.7. The summed E-state index contributed by atoms with van der Waals surface area (Å²) in [4.78, 5) is 25.8. The first-order chi connectivity index (χ1) is 29.3. The maximum atomic E-state index is 14.1. The predicted octanol–water partition coefficient (Wildman–Crippen LogP) is 12.5. The highest BCUT2D eigenvalue weighted by molar-refractivity contribution is 6.12. The van der Waals surface area contributed by atoms with Crippen molar-refractivity contribution in [2.75, 3.05) is 59.5 Å². The third kappa shape index (κ3) is 16.1. The number of carbonyl (C=O) groups is 2. The van der Waals surface area contributed by atoms with Gasteiger partial charge in [-0.15, -0.1) is 0 Å². The first kappa shape index (κ1) is 53.8. The second-order valence-electron chi connectivity index (χ2n) is 21.7. The number of carbonyl (C=O) groups excluding carboxylic acids is 2. The zero-order valence-electron chi connectivity index (χ0n) is 42.1. The van der Waals surface area contributed by atoms with E-state index in [2.05, 4.69) is 145 Å². The number of aromatic hydroxyl groups is 1. The van der Waals surface area contributed by atoms with Crippen LogP contribution in [-0.2, 0) is 44.1 Å². The first-order valence-electron chi connectivity index (χ1n) is 23.5. The number of Topliss-reactive ketones (excluding diaryl/α,β-unsaturated/α-hetero) is 1. The van der Waals surface area contributed by atoms with Crippen LogP contribution in [0.3, 0.4) is 0 Å². The number of rotatable bonds is 22. The lowest BCUT2D eigenvalue weighted by molar-refractivity contribution is -0.149. The van der Waals surface area contributed by atoms with Gasteiger partial charge in [-0.1, -0.05) is 135 Å². The Balaban J connectivity index is 1.75. The standard InChI is InChI=1S/C55H84O8/c1-17-38(4)51(58)63-30-29-61-26-25-59-23-24-60-27-28-62-36-37(3)31-39(18-2)40-19-21-41(22-20-40)48(42-32-44(52(5,6)7)49(56)45(33-42)53(8,9)10)43-34-46(54(11,12)13)50(57)47(35-43)55(14,15)16/h19-22,32-35,37-39,56H,17-18,23-31,36H2,1-16H3. The summed E-state index contributed by atoms with van der Waals surface area (Å²) in [6, 6.07) is 13.4. The van der Waals surface area contributed by atoms with Gasteiger partial charge < -0.3 is 28.8 Å². The normalized spacial score (nSPS) is 15.5. The Bertz CT molecular complexity index is 1810. The van der Waals surface area contributed by atoms with Crippen LogP contribution in [0.25, 0.3) is 5.57 Å². The minimum Gasteiger partial charge on any atom is -0.507 e. The molecule has 0 radical (unpaired) electrons. The Kier molecular flexibility index (Phi) is 20.1. The van der Waals surface area contributed by atoms with Gasteiger partial charge in [0.05, 0.1) is 52.2 Å². The monoisotopic (exact) mass is 873 g/mol. The quantitative estimate of drug-likeness (QED) is 0.0922. The Labute approximate surface area is 382 Å². The molecule has 0 saturated heterocycles. The first-order valence-corrected chi connectivity index (χ1v) is 23.5. The van der Waals surface area contributed by atoms with E-state index in [1.165, 1.54) is 5.56 Å². The molecular weight excluding hydrogens is 789 g/mol. The molecule has 3 rings (SSSR count). The molecule has 0 amide bonds. The highest BCUT2D eigenvalue weighted by atomic mass is 16.6. The number of phenols is 1. The van der Waals surface area contributed by atoms with Gasteiger partial charge in [-0.25, -0.2) is 0 Å². The lowest BCUT2D eigenvalue weighted by atomic mass is 9.70. The molecule has 1 aliphatic rings. The lowest BCUT2D eigenvalue weighted by Crippen LogP contribution is -2.28. The average Bonchev–Trinajstić information content (AvgIpc) is 3.19. The second kappa shape index (κ2) is 23.6. The van der Waals surface area contributed by atoms with E-state index in [9.17, 15) is 14.7 Å². The van der Waals surface area contributed by atoms with Crippen LogP contribution < -0.4 is 0 Å². The highest BCUT2D eigenvalue weighted by Crippen LogP contribution is 2.46. The van der Waals surface area contributed by atoms with E-state index < -0.39 is 0 Å². The maximum absolute atomic E-state index is 14.1. The van der Waals surface area contributed by atoms with Crippen molar-refractivity contribution in [2.45, 2.75) is 147 Å². The van der Waals surface area contributed by atoms with Crippen molar-refractivity contribution in [3.05, 3.63) is 93.1 Å². The number of hydrogen-bond acceptors (Lipinski definition) is 8. The van der Waals surface area contributed by atoms with Crippen LogP contribution in [0.5, 0.6) is 5.75 Å². The summed E-state index contributed by atoms with van der Waals surface area (Å²) in [5.41, 5.74) is 7.57. The molecule has 8 heteroatoms. The van der Waals surface area contributed by atoms with Crippen LogP contribution in [0.1, 0.15) is 164 Å². The van der Waals surface area contributed by atoms with Crippen LogP contribution in [0.4, 0.5) is 0 Å². The van der Waals surface area contributed by atoms with E-state index in [-0.39, 0.29) is 45.9 Å². The zero-order chi connectivity index (χ0) is 47.3. The summed E-state index contributed by atoms with van der Waals surface area (Å²) in [6.07, 6.45) is 7.01. The maximum Gasteiger partial charge on any atom is 0.308 e. The van der Waals surface area contributed by atoms with E-state index in [1.54, 1.807) is 0 Å². The molecule has 8 nitrogen and oxygen atoms in total. The number of allylic oxidation sites excluding steroid dienone is 5. The fraction of sp³-hybridized carbons (Fsp3) is 0.636. The topological polar surface area (TPSA) is 101 Å². The van der Waals surface area contributed by atoms with E-state index in [0.717, 1.165) is 63.8 Å². The molecule has 352 valence electrons. The van der Waals surface area contributed by atoms with Gasteiger partial charge in [-0.3, -0.25) is 9.59 Å². The fourth-order valence-corrected chi connectivity index (χ4v) is 7.78. The molecule has 0 spiro atoms. The van der Waals surface area contributed by atoms with Gasteiger partial charge in [0.15, 0.2) is 5.78 Å². The van der Waals surface area contributed by atoms with Crippen molar-refractivity contribution in [3.8, 4) is 5.75 Å². The summed E-state index contributed by atoms with van der Waals surface area (Å²) in [5.74, 6) is 0.924. The molecule has 0 heterocycles. The van der Waals surface area contributed by atoms with Crippen molar-refractivity contribution >= 4 is 17.3 Å². The van der Waals surface area contributed by atoms with Crippen molar-refractivity contribution in [1.29, 1.82) is 0 Å². The molecule has 2 aromatic rings. The van der Waals surface area contributed by atoms with Gasteiger partial charge in [0.1, 0.15) is 12.4 Å². The van der Waals surface area contributed by atoms with E-state index in [0.29, 0.717) is 70.4 Å². The molecule has 0 aromatic heterocycles. The minimum absolute atomic E-state index is 0.0844. The van der Waals surface area contributed by atoms with Crippen LogP contribution >= 0.6 is 0 Å². The molecule has 2 aromatic carbocycles. The lowest BCUT2D eigenvalue weighted by Gasteiger charge is -2.33. The summed E-state index contributed by atoms with van der Waals surface area (Å²) in [6.45, 7) is 38.1. The van der Waals surface area contributed by atoms with Crippen molar-refractivity contribution in [2.24, 2.45) is 22.7 Å². The van der Waals surface area contributed by atoms with Gasteiger partial charge in [0.25, 0.3) is 0 Å². The van der Waals surface area contributed by atoms with Crippen molar-refractivity contribution < 1.29 is 38.4 Å². The number of ketones is 1. The van der Waals surface area contributed by atoms with Crippen molar-refractivity contribution in [3.63, 3.8) is 0 Å². The second-order valence-corrected chi connectivity index (χ2v) is 21.7. The average molecular weight is 873 g/mol. The van der Waals surface area contributed by atoms with E-state index >= 15 is 0 Å². The van der Waals surface area contributed by atoms with Gasteiger partial charge in [0.2, 0.25) is 0 Å².